The molecule has 1 aromatic heterocycles. The highest BCUT2D eigenvalue weighted by Crippen LogP contribution is 2.24. The topological polar surface area (TPSA) is 71.3 Å². The Hall–Kier alpha value is -1.63. The number of halogens is 2. The summed E-state index contributed by atoms with van der Waals surface area (Å²) in [7, 11) is 0. The standard InChI is InChI=1S/C16H16Cl2N2O3S/c1-9-5-13(10(2)23-9)16(22)20-19-15(21)8-24-7-11-3-4-12(17)6-14(11)18/h3-6H,7-8H2,1-2H3,(H,19,21)(H,20,22). The van der Waals surface area contributed by atoms with Crippen molar-refractivity contribution in [1.29, 1.82) is 0 Å². The maximum absolute atomic E-state index is 11.9. The van der Waals surface area contributed by atoms with Gasteiger partial charge in [-0.25, -0.2) is 0 Å². The van der Waals surface area contributed by atoms with E-state index in [9.17, 15) is 9.59 Å². The van der Waals surface area contributed by atoms with Crippen LogP contribution in [0.4, 0.5) is 0 Å². The molecule has 1 heterocycles. The van der Waals surface area contributed by atoms with Crippen LogP contribution in [0.5, 0.6) is 0 Å². The first-order valence-electron chi connectivity index (χ1n) is 7.04. The quantitative estimate of drug-likeness (QED) is 0.764. The lowest BCUT2D eigenvalue weighted by Crippen LogP contribution is -2.42. The van der Waals surface area contributed by atoms with Gasteiger partial charge in [0.2, 0.25) is 5.91 Å². The minimum atomic E-state index is -0.413. The lowest BCUT2D eigenvalue weighted by Gasteiger charge is -2.07. The van der Waals surface area contributed by atoms with E-state index in [1.54, 1.807) is 32.0 Å². The SMILES string of the molecule is Cc1cc(C(=O)NNC(=O)CSCc2ccc(Cl)cc2Cl)c(C)o1. The van der Waals surface area contributed by atoms with Gasteiger partial charge in [-0.2, -0.15) is 0 Å². The van der Waals surface area contributed by atoms with E-state index in [0.29, 0.717) is 32.9 Å². The molecular weight excluding hydrogens is 371 g/mol. The zero-order valence-electron chi connectivity index (χ0n) is 13.1. The average molecular weight is 387 g/mol. The summed E-state index contributed by atoms with van der Waals surface area (Å²) in [4.78, 5) is 23.7. The highest BCUT2D eigenvalue weighted by molar-refractivity contribution is 7.99. The van der Waals surface area contributed by atoms with Crippen LogP contribution in [0.2, 0.25) is 10.0 Å². The Morgan fingerprint density at radius 3 is 2.54 bits per heavy atom. The second kappa shape index (κ2) is 8.46. The minimum absolute atomic E-state index is 0.183. The van der Waals surface area contributed by atoms with Crippen LogP contribution in [0, 0.1) is 13.8 Å². The van der Waals surface area contributed by atoms with E-state index in [0.717, 1.165) is 5.56 Å². The third-order valence-electron chi connectivity index (χ3n) is 3.11. The van der Waals surface area contributed by atoms with Crippen LogP contribution in [-0.2, 0) is 10.5 Å². The summed E-state index contributed by atoms with van der Waals surface area (Å²) < 4.78 is 5.28. The van der Waals surface area contributed by atoms with Crippen molar-refractivity contribution in [1.82, 2.24) is 10.9 Å². The second-order valence-electron chi connectivity index (χ2n) is 5.06. The highest BCUT2D eigenvalue weighted by atomic mass is 35.5. The third-order valence-corrected chi connectivity index (χ3v) is 4.68. The second-order valence-corrected chi connectivity index (χ2v) is 6.89. The summed E-state index contributed by atoms with van der Waals surface area (Å²) in [6.07, 6.45) is 0. The van der Waals surface area contributed by atoms with Crippen molar-refractivity contribution >= 4 is 46.8 Å². The third kappa shape index (κ3) is 5.19. The Balaban J connectivity index is 1.75. The fourth-order valence-corrected chi connectivity index (χ4v) is 3.36. The predicted molar refractivity (Wildman–Crippen MR) is 96.4 cm³/mol. The first-order valence-corrected chi connectivity index (χ1v) is 8.95. The number of nitrogens with one attached hydrogen (secondary N) is 2. The van der Waals surface area contributed by atoms with E-state index in [2.05, 4.69) is 10.9 Å². The summed E-state index contributed by atoms with van der Waals surface area (Å²) >= 11 is 13.3. The number of hydrogen-bond acceptors (Lipinski definition) is 4. The van der Waals surface area contributed by atoms with Crippen LogP contribution in [0.3, 0.4) is 0 Å². The molecule has 2 rings (SSSR count). The molecule has 1 aromatic carbocycles. The van der Waals surface area contributed by atoms with Crippen molar-refractivity contribution in [3.8, 4) is 0 Å². The van der Waals surface area contributed by atoms with Gasteiger partial charge >= 0.3 is 0 Å². The fourth-order valence-electron chi connectivity index (χ4n) is 1.98. The summed E-state index contributed by atoms with van der Waals surface area (Å²) in [5.41, 5.74) is 6.03. The van der Waals surface area contributed by atoms with Gasteiger partial charge in [0.05, 0.1) is 11.3 Å². The molecule has 0 fully saturated rings. The lowest BCUT2D eigenvalue weighted by molar-refractivity contribution is -0.119. The van der Waals surface area contributed by atoms with Gasteiger partial charge in [-0.05, 0) is 37.6 Å². The van der Waals surface area contributed by atoms with E-state index < -0.39 is 5.91 Å². The van der Waals surface area contributed by atoms with Gasteiger partial charge < -0.3 is 4.42 Å². The molecule has 0 atom stereocenters. The molecule has 0 bridgehead atoms. The van der Waals surface area contributed by atoms with Crippen molar-refractivity contribution < 1.29 is 14.0 Å². The van der Waals surface area contributed by atoms with Crippen molar-refractivity contribution in [2.45, 2.75) is 19.6 Å². The van der Waals surface area contributed by atoms with Gasteiger partial charge in [0.25, 0.3) is 5.91 Å². The number of carbonyl (C=O) groups is 2. The summed E-state index contributed by atoms with van der Waals surface area (Å²) in [5, 5.41) is 1.13. The number of amides is 2. The number of benzene rings is 1. The molecule has 0 spiro atoms. The zero-order valence-corrected chi connectivity index (χ0v) is 15.4. The monoisotopic (exact) mass is 386 g/mol. The fraction of sp³-hybridized carbons (Fsp3) is 0.250. The van der Waals surface area contributed by atoms with E-state index in [-0.39, 0.29) is 11.7 Å². The van der Waals surface area contributed by atoms with E-state index in [1.807, 2.05) is 6.07 Å². The molecule has 2 amide bonds. The first-order chi connectivity index (χ1) is 11.4. The van der Waals surface area contributed by atoms with Gasteiger partial charge in [-0.3, -0.25) is 20.4 Å². The van der Waals surface area contributed by atoms with E-state index in [1.165, 1.54) is 11.8 Å². The number of rotatable bonds is 5. The first kappa shape index (κ1) is 18.7. The molecular formula is C16H16Cl2N2O3S. The van der Waals surface area contributed by atoms with Crippen LogP contribution in [-0.4, -0.2) is 17.6 Å². The molecule has 0 saturated carbocycles. The Morgan fingerprint density at radius 2 is 1.92 bits per heavy atom. The van der Waals surface area contributed by atoms with Crippen molar-refractivity contribution in [3.63, 3.8) is 0 Å². The van der Waals surface area contributed by atoms with Gasteiger partial charge in [-0.1, -0.05) is 29.3 Å². The van der Waals surface area contributed by atoms with Gasteiger partial charge in [-0.15, -0.1) is 11.8 Å². The summed E-state index contributed by atoms with van der Waals surface area (Å²) in [6.45, 7) is 3.44. The minimum Gasteiger partial charge on any atom is -0.466 e. The molecule has 2 aromatic rings. The molecule has 8 heteroatoms. The zero-order chi connectivity index (χ0) is 17.7. The largest absolute Gasteiger partial charge is 0.466 e. The molecule has 0 radical (unpaired) electrons. The van der Waals surface area contributed by atoms with E-state index in [4.69, 9.17) is 27.6 Å². The lowest BCUT2D eigenvalue weighted by atomic mass is 10.2. The molecule has 5 nitrogen and oxygen atoms in total. The van der Waals surface area contributed by atoms with Crippen LogP contribution in [0.15, 0.2) is 28.7 Å². The van der Waals surface area contributed by atoms with Crippen LogP contribution < -0.4 is 10.9 Å². The highest BCUT2D eigenvalue weighted by Gasteiger charge is 2.14. The van der Waals surface area contributed by atoms with Crippen molar-refractivity contribution in [3.05, 3.63) is 57.0 Å². The van der Waals surface area contributed by atoms with Crippen LogP contribution in [0.25, 0.3) is 0 Å². The van der Waals surface area contributed by atoms with Crippen LogP contribution in [0.1, 0.15) is 27.4 Å². The number of aryl methyl sites for hydroxylation is 2. The van der Waals surface area contributed by atoms with Gasteiger partial charge in [0, 0.05) is 15.8 Å². The Morgan fingerprint density at radius 1 is 1.17 bits per heavy atom. The molecule has 0 aliphatic heterocycles. The normalized spacial score (nSPS) is 10.5. The van der Waals surface area contributed by atoms with Crippen molar-refractivity contribution in [2.75, 3.05) is 5.75 Å². The number of thioether (sulfide) groups is 1. The predicted octanol–water partition coefficient (Wildman–Crippen LogP) is 3.90. The molecule has 0 aliphatic rings. The molecule has 0 unspecified atom stereocenters. The molecule has 24 heavy (non-hydrogen) atoms. The molecule has 2 N–H and O–H groups in total. The average Bonchev–Trinajstić information content (AvgIpc) is 2.86. The summed E-state index contributed by atoms with van der Waals surface area (Å²) in [6, 6.07) is 6.85. The Labute approximate surface area is 154 Å². The van der Waals surface area contributed by atoms with Crippen LogP contribution >= 0.6 is 35.0 Å². The number of furan rings is 1. The summed E-state index contributed by atoms with van der Waals surface area (Å²) in [5.74, 6) is 1.17. The molecule has 0 aliphatic carbocycles. The maximum atomic E-state index is 11.9. The maximum Gasteiger partial charge on any atom is 0.273 e. The molecule has 128 valence electrons. The Bertz CT molecular complexity index is 762. The number of carbonyl (C=O) groups excluding carboxylic acids is 2. The molecule has 0 saturated heterocycles. The van der Waals surface area contributed by atoms with Crippen molar-refractivity contribution in [2.24, 2.45) is 0 Å². The number of hydrazine groups is 1. The number of hydrogen-bond donors (Lipinski definition) is 2. The smallest absolute Gasteiger partial charge is 0.273 e. The van der Waals surface area contributed by atoms with Gasteiger partial charge in [0.1, 0.15) is 11.5 Å². The van der Waals surface area contributed by atoms with Gasteiger partial charge in [0.15, 0.2) is 0 Å². The Kier molecular flexibility index (Phi) is 6.60. The van der Waals surface area contributed by atoms with E-state index >= 15 is 0 Å².